The summed E-state index contributed by atoms with van der Waals surface area (Å²) in [6, 6.07) is 22.1. The van der Waals surface area contributed by atoms with Gasteiger partial charge in [-0.25, -0.2) is 0 Å². The van der Waals surface area contributed by atoms with Crippen LogP contribution < -0.4 is 10.1 Å². The number of nitriles is 2. The van der Waals surface area contributed by atoms with Gasteiger partial charge in [-0.15, -0.1) is 0 Å². The van der Waals surface area contributed by atoms with E-state index in [1.165, 1.54) is 5.56 Å². The molecule has 0 aliphatic carbocycles. The molecule has 2 aromatic carbocycles. The summed E-state index contributed by atoms with van der Waals surface area (Å²) in [6.45, 7) is 1.97. The van der Waals surface area contributed by atoms with Crippen LogP contribution in [0.5, 0.6) is 5.75 Å². The molecule has 0 saturated carbocycles. The molecule has 0 unspecified atom stereocenters. The highest BCUT2D eigenvalue weighted by Crippen LogP contribution is 2.35. The molecule has 6 nitrogen and oxygen atoms in total. The summed E-state index contributed by atoms with van der Waals surface area (Å²) in [6.07, 6.45) is 0.908. The number of hydrogen-bond donors (Lipinski definition) is 1. The maximum absolute atomic E-state index is 9.98. The Bertz CT molecular complexity index is 1240. The van der Waals surface area contributed by atoms with Crippen molar-refractivity contribution in [3.63, 3.8) is 0 Å². The third kappa shape index (κ3) is 4.02. The normalized spacial score (nSPS) is 12.9. The summed E-state index contributed by atoms with van der Waals surface area (Å²) in [4.78, 5) is 2.21. The Morgan fingerprint density at radius 3 is 2.39 bits per heavy atom. The maximum atomic E-state index is 9.98. The number of benzene rings is 2. The summed E-state index contributed by atoms with van der Waals surface area (Å²) in [5.74, 6) is 1.37. The minimum absolute atomic E-state index is 0.340. The molecule has 2 heterocycles. The van der Waals surface area contributed by atoms with Gasteiger partial charge in [0.1, 0.15) is 33.9 Å². The van der Waals surface area contributed by atoms with Gasteiger partial charge in [0, 0.05) is 12.1 Å². The Kier molecular flexibility index (Phi) is 5.99. The second-order valence-corrected chi connectivity index (χ2v) is 7.65. The van der Waals surface area contributed by atoms with Crippen molar-refractivity contribution >= 4 is 18.0 Å². The quantitative estimate of drug-likeness (QED) is 0.603. The van der Waals surface area contributed by atoms with Gasteiger partial charge in [0.2, 0.25) is 0 Å². The Morgan fingerprint density at radius 1 is 1.03 bits per heavy atom. The molecule has 0 atom stereocenters. The van der Waals surface area contributed by atoms with Crippen LogP contribution in [0.3, 0.4) is 0 Å². The average Bonchev–Trinajstić information content (AvgIpc) is 2.83. The number of rotatable bonds is 5. The third-order valence-electron chi connectivity index (χ3n) is 5.44. The van der Waals surface area contributed by atoms with E-state index in [4.69, 9.17) is 17.0 Å². The van der Waals surface area contributed by atoms with Crippen LogP contribution in [0.1, 0.15) is 16.7 Å². The van der Waals surface area contributed by atoms with Crippen LogP contribution in [0, 0.1) is 27.3 Å². The minimum Gasteiger partial charge on any atom is -0.497 e. The summed E-state index contributed by atoms with van der Waals surface area (Å²) < 4.78 is 7.51. The second-order valence-electron chi connectivity index (χ2n) is 7.27. The summed E-state index contributed by atoms with van der Waals surface area (Å²) in [5.41, 5.74) is 3.36. The van der Waals surface area contributed by atoms with Gasteiger partial charge in [-0.1, -0.05) is 54.7 Å². The van der Waals surface area contributed by atoms with Crippen LogP contribution in [-0.4, -0.2) is 29.8 Å². The number of nitrogens with one attached hydrogen (secondary N) is 1. The first kappa shape index (κ1) is 20.6. The fourth-order valence-corrected chi connectivity index (χ4v) is 4.11. The van der Waals surface area contributed by atoms with E-state index in [2.05, 4.69) is 34.5 Å². The van der Waals surface area contributed by atoms with Crippen molar-refractivity contribution < 1.29 is 4.74 Å². The predicted molar refractivity (Wildman–Crippen MR) is 122 cm³/mol. The van der Waals surface area contributed by atoms with Gasteiger partial charge in [-0.3, -0.25) is 4.90 Å². The molecule has 154 valence electrons. The molecule has 1 N–H and O–H groups in total. The number of ether oxygens (including phenoxy) is 1. The lowest BCUT2D eigenvalue weighted by molar-refractivity contribution is 0.219. The summed E-state index contributed by atoms with van der Waals surface area (Å²) >= 11 is 5.69. The van der Waals surface area contributed by atoms with E-state index < -0.39 is 0 Å². The van der Waals surface area contributed by atoms with E-state index >= 15 is 0 Å². The molecule has 0 fully saturated rings. The van der Waals surface area contributed by atoms with Crippen LogP contribution in [-0.2, 0) is 13.1 Å². The molecule has 31 heavy (non-hydrogen) atoms. The summed E-state index contributed by atoms with van der Waals surface area (Å²) in [7, 11) is 1.60. The first-order valence-corrected chi connectivity index (χ1v) is 10.3. The fraction of sp³-hybridized carbons (Fsp3) is 0.208. The lowest BCUT2D eigenvalue weighted by Gasteiger charge is -2.33. The van der Waals surface area contributed by atoms with Gasteiger partial charge in [0.25, 0.3) is 0 Å². The van der Waals surface area contributed by atoms with Crippen LogP contribution in [0.4, 0.5) is 5.82 Å². The topological polar surface area (TPSA) is 77.0 Å². The minimum atomic E-state index is 0.340. The SMILES string of the molecule is COc1ccc(-c2c(C#N)c3n(c(=S)c2C#N)CN(CCc2ccccc2)CN3)cc1. The summed E-state index contributed by atoms with van der Waals surface area (Å²) in [5, 5.41) is 23.2. The first-order valence-electron chi connectivity index (χ1n) is 9.91. The van der Waals surface area contributed by atoms with Gasteiger partial charge in [0.05, 0.1) is 26.0 Å². The number of pyridine rings is 1. The number of aromatic nitrogens is 1. The molecular formula is C24H21N5OS. The standard InChI is InChI=1S/C24H21N5OS/c1-30-19-9-7-18(8-10-19)22-20(13-25)23-27-15-28(12-11-17-5-3-2-4-6-17)16-29(23)24(31)21(22)14-26/h2-10,27H,11-12,15-16H2,1H3. The average molecular weight is 428 g/mol. The molecule has 4 rings (SSSR count). The van der Waals surface area contributed by atoms with Gasteiger partial charge in [-0.05, 0) is 29.7 Å². The predicted octanol–water partition coefficient (Wildman–Crippen LogP) is 4.52. The van der Waals surface area contributed by atoms with E-state index in [9.17, 15) is 10.5 Å². The molecule has 0 radical (unpaired) electrons. The van der Waals surface area contributed by atoms with Crippen LogP contribution in [0.25, 0.3) is 11.1 Å². The molecule has 0 spiro atoms. The number of methoxy groups -OCH3 is 1. The molecule has 1 aliphatic rings. The van der Waals surface area contributed by atoms with Gasteiger partial charge >= 0.3 is 0 Å². The Labute approximate surface area is 186 Å². The zero-order valence-electron chi connectivity index (χ0n) is 17.1. The molecule has 0 bridgehead atoms. The van der Waals surface area contributed by atoms with Gasteiger partial charge < -0.3 is 14.6 Å². The second kappa shape index (κ2) is 9.01. The van der Waals surface area contributed by atoms with Crippen molar-refractivity contribution in [2.75, 3.05) is 25.6 Å². The molecule has 7 heteroatoms. The molecular weight excluding hydrogens is 406 g/mol. The lowest BCUT2D eigenvalue weighted by atomic mass is 9.96. The van der Waals surface area contributed by atoms with Crippen molar-refractivity contribution in [1.82, 2.24) is 9.47 Å². The number of fused-ring (bicyclic) bond motifs is 1. The Morgan fingerprint density at radius 2 is 1.74 bits per heavy atom. The molecule has 3 aromatic rings. The van der Waals surface area contributed by atoms with Crippen LogP contribution in [0.15, 0.2) is 54.6 Å². The maximum Gasteiger partial charge on any atom is 0.128 e. The largest absolute Gasteiger partial charge is 0.497 e. The van der Waals surface area contributed by atoms with Gasteiger partial charge in [-0.2, -0.15) is 10.5 Å². The number of nitrogens with zero attached hydrogens (tertiary/aromatic N) is 4. The zero-order valence-corrected chi connectivity index (χ0v) is 17.9. The van der Waals surface area contributed by atoms with E-state index in [0.717, 1.165) is 18.5 Å². The van der Waals surface area contributed by atoms with Gasteiger partial charge in [0.15, 0.2) is 0 Å². The first-order chi connectivity index (χ1) is 15.2. The highest BCUT2D eigenvalue weighted by Gasteiger charge is 2.25. The molecule has 0 saturated heterocycles. The van der Waals surface area contributed by atoms with Crippen molar-refractivity contribution in [2.45, 2.75) is 13.1 Å². The lowest BCUT2D eigenvalue weighted by Crippen LogP contribution is -2.39. The molecule has 1 aliphatic heterocycles. The van der Waals surface area contributed by atoms with Crippen molar-refractivity contribution in [3.05, 3.63) is 75.9 Å². The Balaban J connectivity index is 1.71. The van der Waals surface area contributed by atoms with Crippen molar-refractivity contribution in [1.29, 1.82) is 10.5 Å². The number of anilines is 1. The number of hydrogen-bond acceptors (Lipinski definition) is 6. The molecule has 1 aromatic heterocycles. The van der Waals surface area contributed by atoms with E-state index in [1.54, 1.807) is 7.11 Å². The van der Waals surface area contributed by atoms with E-state index in [1.807, 2.05) is 47.0 Å². The van der Waals surface area contributed by atoms with E-state index in [-0.39, 0.29) is 0 Å². The molecule has 0 amide bonds. The van der Waals surface area contributed by atoms with Crippen LogP contribution >= 0.6 is 12.2 Å². The van der Waals surface area contributed by atoms with Crippen LogP contribution in [0.2, 0.25) is 0 Å². The fourth-order valence-electron chi connectivity index (χ4n) is 3.82. The highest BCUT2D eigenvalue weighted by atomic mass is 32.1. The van der Waals surface area contributed by atoms with E-state index in [0.29, 0.717) is 46.2 Å². The third-order valence-corrected chi connectivity index (χ3v) is 5.86. The zero-order chi connectivity index (χ0) is 21.8. The van der Waals surface area contributed by atoms with Crippen molar-refractivity contribution in [2.24, 2.45) is 0 Å². The Hall–Kier alpha value is -3.65. The van der Waals surface area contributed by atoms with Crippen molar-refractivity contribution in [3.8, 4) is 29.0 Å². The smallest absolute Gasteiger partial charge is 0.128 e. The monoisotopic (exact) mass is 427 g/mol. The highest BCUT2D eigenvalue weighted by molar-refractivity contribution is 7.71.